The molecule has 0 saturated carbocycles. The van der Waals surface area contributed by atoms with Crippen LogP contribution in [0.2, 0.25) is 0 Å². The van der Waals surface area contributed by atoms with Gasteiger partial charge in [0.05, 0.1) is 0 Å². The van der Waals surface area contributed by atoms with Crippen LogP contribution in [0.25, 0.3) is 0 Å². The average Bonchev–Trinajstić information content (AvgIpc) is 1.91. The molecule has 1 aliphatic rings. The Bertz CT molecular complexity index is 212. The molecule has 0 fully saturated rings. The SMILES string of the molecule is CC(C)(C)NC1=C(NC(C)(C)C)CC1. The van der Waals surface area contributed by atoms with Crippen LogP contribution in [-0.2, 0) is 0 Å². The summed E-state index contributed by atoms with van der Waals surface area (Å²) in [6.45, 7) is 13.2. The molecule has 0 saturated heterocycles. The van der Waals surface area contributed by atoms with Gasteiger partial charge in [0.1, 0.15) is 0 Å². The molecule has 0 aromatic carbocycles. The van der Waals surface area contributed by atoms with E-state index in [4.69, 9.17) is 0 Å². The molecule has 1 aliphatic carbocycles. The third-order valence-corrected chi connectivity index (χ3v) is 2.04. The van der Waals surface area contributed by atoms with Crippen molar-refractivity contribution >= 4 is 0 Å². The lowest BCUT2D eigenvalue weighted by atomic mass is 9.95. The van der Waals surface area contributed by atoms with Gasteiger partial charge in [0.15, 0.2) is 0 Å². The molecular weight excluding hydrogens is 172 g/mol. The molecule has 14 heavy (non-hydrogen) atoms. The van der Waals surface area contributed by atoms with Gasteiger partial charge >= 0.3 is 0 Å². The summed E-state index contributed by atoms with van der Waals surface area (Å²) in [4.78, 5) is 0. The lowest BCUT2D eigenvalue weighted by Gasteiger charge is -2.36. The minimum Gasteiger partial charge on any atom is -0.382 e. The number of hydrogen-bond donors (Lipinski definition) is 2. The summed E-state index contributed by atoms with van der Waals surface area (Å²) in [6.07, 6.45) is 2.38. The van der Waals surface area contributed by atoms with Crippen LogP contribution in [0.15, 0.2) is 11.4 Å². The smallest absolute Gasteiger partial charge is 0.0307 e. The Hall–Kier alpha value is -0.660. The summed E-state index contributed by atoms with van der Waals surface area (Å²) in [6, 6.07) is 0. The molecule has 0 heterocycles. The van der Waals surface area contributed by atoms with E-state index in [1.165, 1.54) is 24.2 Å². The summed E-state index contributed by atoms with van der Waals surface area (Å²) < 4.78 is 0. The Morgan fingerprint density at radius 1 is 0.714 bits per heavy atom. The van der Waals surface area contributed by atoms with Gasteiger partial charge in [-0.2, -0.15) is 0 Å². The van der Waals surface area contributed by atoms with Crippen molar-refractivity contribution in [2.45, 2.75) is 65.5 Å². The first-order valence-electron chi connectivity index (χ1n) is 5.46. The molecule has 0 aliphatic heterocycles. The molecule has 0 aromatic heterocycles. The van der Waals surface area contributed by atoms with Gasteiger partial charge in [0.25, 0.3) is 0 Å². The lowest BCUT2D eigenvalue weighted by molar-refractivity contribution is 0.401. The quantitative estimate of drug-likeness (QED) is 0.709. The third-order valence-electron chi connectivity index (χ3n) is 2.04. The van der Waals surface area contributed by atoms with Crippen LogP contribution in [0.5, 0.6) is 0 Å². The van der Waals surface area contributed by atoms with E-state index in [1.807, 2.05) is 0 Å². The standard InChI is InChI=1S/C12H24N2/c1-11(2,3)13-9-7-8-10(9)14-12(4,5)6/h13-14H,7-8H2,1-6H3. The molecule has 0 bridgehead atoms. The fourth-order valence-corrected chi connectivity index (χ4v) is 1.56. The molecule has 0 amide bonds. The van der Waals surface area contributed by atoms with E-state index in [-0.39, 0.29) is 11.1 Å². The predicted molar refractivity (Wildman–Crippen MR) is 62.0 cm³/mol. The number of hydrogen-bond acceptors (Lipinski definition) is 2. The summed E-state index contributed by atoms with van der Waals surface area (Å²) in [5.74, 6) is 0. The largest absolute Gasteiger partial charge is 0.382 e. The number of nitrogens with one attached hydrogen (secondary N) is 2. The van der Waals surface area contributed by atoms with E-state index >= 15 is 0 Å². The first-order chi connectivity index (χ1) is 6.17. The van der Waals surface area contributed by atoms with Gasteiger partial charge in [0.2, 0.25) is 0 Å². The van der Waals surface area contributed by atoms with Crippen LogP contribution in [0.3, 0.4) is 0 Å². The van der Waals surface area contributed by atoms with Crippen LogP contribution >= 0.6 is 0 Å². The van der Waals surface area contributed by atoms with E-state index in [0.717, 1.165) is 0 Å². The first-order valence-corrected chi connectivity index (χ1v) is 5.46. The van der Waals surface area contributed by atoms with Crippen LogP contribution in [-0.4, -0.2) is 11.1 Å². The predicted octanol–water partition coefficient (Wildman–Crippen LogP) is 2.77. The van der Waals surface area contributed by atoms with Crippen LogP contribution in [0.4, 0.5) is 0 Å². The Kier molecular flexibility index (Phi) is 2.84. The Balaban J connectivity index is 2.58. The van der Waals surface area contributed by atoms with E-state index in [2.05, 4.69) is 52.2 Å². The van der Waals surface area contributed by atoms with E-state index < -0.39 is 0 Å². The highest BCUT2D eigenvalue weighted by Gasteiger charge is 2.24. The molecule has 0 atom stereocenters. The van der Waals surface area contributed by atoms with Gasteiger partial charge in [-0.25, -0.2) is 0 Å². The maximum atomic E-state index is 3.55. The van der Waals surface area contributed by atoms with Crippen molar-refractivity contribution in [3.63, 3.8) is 0 Å². The van der Waals surface area contributed by atoms with Crippen molar-refractivity contribution in [1.82, 2.24) is 10.6 Å². The van der Waals surface area contributed by atoms with E-state index in [9.17, 15) is 0 Å². The highest BCUT2D eigenvalue weighted by atomic mass is 15.0. The van der Waals surface area contributed by atoms with Crippen molar-refractivity contribution in [2.75, 3.05) is 0 Å². The minimum atomic E-state index is 0.181. The second-order valence-corrected chi connectivity index (χ2v) is 6.21. The summed E-state index contributed by atoms with van der Waals surface area (Å²) in [7, 11) is 0. The van der Waals surface area contributed by atoms with Gasteiger partial charge in [0, 0.05) is 22.5 Å². The molecule has 0 aromatic rings. The fraction of sp³-hybridized carbons (Fsp3) is 0.833. The third kappa shape index (κ3) is 3.60. The van der Waals surface area contributed by atoms with Gasteiger partial charge < -0.3 is 10.6 Å². The van der Waals surface area contributed by atoms with Crippen LogP contribution in [0, 0.1) is 0 Å². The second kappa shape index (κ2) is 3.48. The summed E-state index contributed by atoms with van der Waals surface area (Å²) >= 11 is 0. The zero-order valence-corrected chi connectivity index (χ0v) is 10.4. The first kappa shape index (κ1) is 11.4. The molecule has 0 radical (unpaired) electrons. The molecule has 2 N–H and O–H groups in total. The van der Waals surface area contributed by atoms with Gasteiger partial charge in [-0.15, -0.1) is 0 Å². The monoisotopic (exact) mass is 196 g/mol. The van der Waals surface area contributed by atoms with Gasteiger partial charge in [-0.1, -0.05) is 0 Å². The van der Waals surface area contributed by atoms with Gasteiger partial charge in [-0.3, -0.25) is 0 Å². The minimum absolute atomic E-state index is 0.181. The average molecular weight is 196 g/mol. The molecule has 0 unspecified atom stereocenters. The molecule has 0 spiro atoms. The summed E-state index contributed by atoms with van der Waals surface area (Å²) in [5, 5.41) is 7.09. The van der Waals surface area contributed by atoms with Crippen molar-refractivity contribution in [3.05, 3.63) is 11.4 Å². The highest BCUT2D eigenvalue weighted by molar-refractivity contribution is 5.23. The molecule has 1 rings (SSSR count). The van der Waals surface area contributed by atoms with Crippen LogP contribution < -0.4 is 10.6 Å². The fourth-order valence-electron chi connectivity index (χ4n) is 1.56. The molecule has 2 nitrogen and oxygen atoms in total. The normalized spacial score (nSPS) is 17.9. The van der Waals surface area contributed by atoms with Gasteiger partial charge in [-0.05, 0) is 54.4 Å². The zero-order chi connectivity index (χ0) is 11.0. The maximum absolute atomic E-state index is 3.55. The molecule has 2 heteroatoms. The van der Waals surface area contributed by atoms with E-state index in [0.29, 0.717) is 0 Å². The Labute approximate surface area is 88.2 Å². The summed E-state index contributed by atoms with van der Waals surface area (Å²) in [5.41, 5.74) is 3.15. The Morgan fingerprint density at radius 3 is 1.14 bits per heavy atom. The van der Waals surface area contributed by atoms with Crippen molar-refractivity contribution in [3.8, 4) is 0 Å². The molecule has 82 valence electrons. The van der Waals surface area contributed by atoms with Crippen molar-refractivity contribution in [2.24, 2.45) is 0 Å². The lowest BCUT2D eigenvalue weighted by Crippen LogP contribution is -2.44. The Morgan fingerprint density at radius 2 is 1.00 bits per heavy atom. The topological polar surface area (TPSA) is 24.1 Å². The van der Waals surface area contributed by atoms with Crippen LogP contribution in [0.1, 0.15) is 54.4 Å². The van der Waals surface area contributed by atoms with Crippen molar-refractivity contribution < 1.29 is 0 Å². The van der Waals surface area contributed by atoms with E-state index in [1.54, 1.807) is 0 Å². The maximum Gasteiger partial charge on any atom is 0.0307 e. The zero-order valence-electron chi connectivity index (χ0n) is 10.4. The molecular formula is C12H24N2. The number of rotatable bonds is 2. The number of allylic oxidation sites excluding steroid dienone is 2. The second-order valence-electron chi connectivity index (χ2n) is 6.21. The highest BCUT2D eigenvalue weighted by Crippen LogP contribution is 2.26. The van der Waals surface area contributed by atoms with Crippen molar-refractivity contribution in [1.29, 1.82) is 0 Å².